The van der Waals surface area contributed by atoms with Crippen molar-refractivity contribution in [1.29, 1.82) is 0 Å². The van der Waals surface area contributed by atoms with Crippen LogP contribution in [0.15, 0.2) is 16.6 Å². The van der Waals surface area contributed by atoms with Gasteiger partial charge in [-0.15, -0.1) is 0 Å². The van der Waals surface area contributed by atoms with E-state index in [-0.39, 0.29) is 11.5 Å². The van der Waals surface area contributed by atoms with Crippen molar-refractivity contribution in [2.45, 2.75) is 13.0 Å². The number of halogens is 1. The fraction of sp³-hybridized carbons (Fsp3) is 0.538. The summed E-state index contributed by atoms with van der Waals surface area (Å²) in [4.78, 5) is 2.19. The molecule has 2 aliphatic rings. The lowest BCUT2D eigenvalue weighted by atomic mass is 10.1. The first-order valence-electron chi connectivity index (χ1n) is 6.40. The smallest absolute Gasteiger partial charge is 0.152 e. The van der Waals surface area contributed by atoms with Crippen LogP contribution in [0.5, 0.6) is 5.75 Å². The van der Waals surface area contributed by atoms with Crippen molar-refractivity contribution in [1.82, 2.24) is 4.90 Å². The largest absolute Gasteiger partial charge is 0.493 e. The highest BCUT2D eigenvalue weighted by atomic mass is 79.9. The molecule has 0 amide bonds. The molecular formula is C13H16BrNO3S. The van der Waals surface area contributed by atoms with E-state index >= 15 is 0 Å². The van der Waals surface area contributed by atoms with Gasteiger partial charge in [-0.25, -0.2) is 8.42 Å². The Balaban J connectivity index is 1.77. The number of hydrogen-bond donors (Lipinski definition) is 0. The van der Waals surface area contributed by atoms with Gasteiger partial charge in [-0.2, -0.15) is 0 Å². The maximum atomic E-state index is 11.4. The summed E-state index contributed by atoms with van der Waals surface area (Å²) in [5.74, 6) is 1.53. The minimum atomic E-state index is -2.81. The zero-order valence-electron chi connectivity index (χ0n) is 10.6. The Morgan fingerprint density at radius 3 is 2.74 bits per heavy atom. The van der Waals surface area contributed by atoms with Crippen molar-refractivity contribution in [2.24, 2.45) is 0 Å². The highest BCUT2D eigenvalue weighted by Crippen LogP contribution is 2.33. The van der Waals surface area contributed by atoms with Crippen molar-refractivity contribution in [3.63, 3.8) is 0 Å². The highest BCUT2D eigenvalue weighted by Gasteiger charge is 2.24. The third kappa shape index (κ3) is 2.95. The van der Waals surface area contributed by atoms with Crippen LogP contribution >= 0.6 is 15.9 Å². The van der Waals surface area contributed by atoms with Crippen molar-refractivity contribution in [2.75, 3.05) is 31.2 Å². The van der Waals surface area contributed by atoms with Crippen LogP contribution in [-0.4, -0.2) is 44.5 Å². The molecule has 2 aliphatic heterocycles. The summed E-state index contributed by atoms with van der Waals surface area (Å²) < 4.78 is 29.6. The molecule has 2 heterocycles. The molecule has 1 aromatic rings. The number of benzene rings is 1. The molecule has 0 N–H and O–H groups in total. The zero-order valence-corrected chi connectivity index (χ0v) is 13.0. The topological polar surface area (TPSA) is 46.6 Å². The molecular weight excluding hydrogens is 330 g/mol. The van der Waals surface area contributed by atoms with Gasteiger partial charge in [-0.05, 0) is 17.7 Å². The van der Waals surface area contributed by atoms with E-state index in [1.165, 1.54) is 5.56 Å². The van der Waals surface area contributed by atoms with Gasteiger partial charge < -0.3 is 4.74 Å². The van der Waals surface area contributed by atoms with Gasteiger partial charge in [0.1, 0.15) is 5.75 Å². The third-order valence-electron chi connectivity index (χ3n) is 3.66. The monoisotopic (exact) mass is 345 g/mol. The predicted molar refractivity (Wildman–Crippen MR) is 77.3 cm³/mol. The van der Waals surface area contributed by atoms with Crippen LogP contribution in [0, 0.1) is 0 Å². The van der Waals surface area contributed by atoms with Crippen molar-refractivity contribution < 1.29 is 13.2 Å². The molecule has 104 valence electrons. The van der Waals surface area contributed by atoms with Crippen molar-refractivity contribution in [3.05, 3.63) is 27.7 Å². The fourth-order valence-corrected chi connectivity index (χ4v) is 4.44. The number of fused-ring (bicyclic) bond motifs is 1. The second kappa shape index (κ2) is 5.07. The Hall–Kier alpha value is -0.590. The Kier molecular flexibility index (Phi) is 3.57. The fourth-order valence-electron chi connectivity index (χ4n) is 2.61. The second-order valence-corrected chi connectivity index (χ2v) is 8.30. The first kappa shape index (κ1) is 13.4. The number of ether oxygens (including phenoxy) is 1. The maximum Gasteiger partial charge on any atom is 0.152 e. The Morgan fingerprint density at radius 2 is 2.00 bits per heavy atom. The highest BCUT2D eigenvalue weighted by molar-refractivity contribution is 9.10. The van der Waals surface area contributed by atoms with E-state index in [1.54, 1.807) is 0 Å². The quantitative estimate of drug-likeness (QED) is 0.816. The summed E-state index contributed by atoms with van der Waals surface area (Å²) in [6, 6.07) is 4.18. The van der Waals surface area contributed by atoms with Gasteiger partial charge in [0.15, 0.2) is 9.84 Å². The minimum absolute atomic E-state index is 0.268. The summed E-state index contributed by atoms with van der Waals surface area (Å²) in [7, 11) is -2.81. The SMILES string of the molecule is O=S1(=O)CCN(Cc2cc(Br)cc3c2OCC3)CC1. The van der Waals surface area contributed by atoms with E-state index in [9.17, 15) is 8.42 Å². The lowest BCUT2D eigenvalue weighted by Gasteiger charge is -2.27. The molecule has 0 bridgehead atoms. The molecule has 0 aromatic heterocycles. The van der Waals surface area contributed by atoms with E-state index in [1.807, 2.05) is 0 Å². The molecule has 1 fully saturated rings. The molecule has 0 aliphatic carbocycles. The van der Waals surface area contributed by atoms with Gasteiger partial charge in [0.2, 0.25) is 0 Å². The summed E-state index contributed by atoms with van der Waals surface area (Å²) in [5.41, 5.74) is 2.40. The van der Waals surface area contributed by atoms with Crippen molar-refractivity contribution >= 4 is 25.8 Å². The predicted octanol–water partition coefficient (Wildman–Crippen LogP) is 1.61. The molecule has 0 unspecified atom stereocenters. The van der Waals surface area contributed by atoms with Crippen molar-refractivity contribution in [3.8, 4) is 5.75 Å². The third-order valence-corrected chi connectivity index (χ3v) is 5.72. The Labute approximate surface area is 121 Å². The van der Waals surface area contributed by atoms with Crippen LogP contribution in [0.3, 0.4) is 0 Å². The van der Waals surface area contributed by atoms with Gasteiger partial charge >= 0.3 is 0 Å². The zero-order chi connectivity index (χ0) is 13.5. The van der Waals surface area contributed by atoms with Crippen LogP contribution in [-0.2, 0) is 22.8 Å². The number of hydrogen-bond acceptors (Lipinski definition) is 4. The van der Waals surface area contributed by atoms with Crippen LogP contribution in [0.2, 0.25) is 0 Å². The number of nitrogens with zero attached hydrogens (tertiary/aromatic N) is 1. The average Bonchev–Trinajstić information content (AvgIpc) is 2.80. The van der Waals surface area contributed by atoms with E-state index in [2.05, 4.69) is 33.0 Å². The van der Waals surface area contributed by atoms with Crippen LogP contribution < -0.4 is 4.74 Å². The van der Waals surface area contributed by atoms with E-state index in [0.29, 0.717) is 13.1 Å². The molecule has 1 saturated heterocycles. The van der Waals surface area contributed by atoms with Crippen LogP contribution in [0.4, 0.5) is 0 Å². The molecule has 0 saturated carbocycles. The summed E-state index contributed by atoms with van der Waals surface area (Å²) >= 11 is 3.53. The Bertz CT molecular complexity index is 586. The number of sulfone groups is 1. The van der Waals surface area contributed by atoms with Gasteiger partial charge in [0.25, 0.3) is 0 Å². The molecule has 0 radical (unpaired) electrons. The maximum absolute atomic E-state index is 11.4. The van der Waals surface area contributed by atoms with Crippen LogP contribution in [0.25, 0.3) is 0 Å². The molecule has 4 nitrogen and oxygen atoms in total. The molecule has 0 atom stereocenters. The summed E-state index contributed by atoms with van der Waals surface area (Å²) in [6.45, 7) is 2.73. The molecule has 1 aromatic carbocycles. The van der Waals surface area contributed by atoms with E-state index in [4.69, 9.17) is 4.74 Å². The lowest BCUT2D eigenvalue weighted by Crippen LogP contribution is -2.39. The average molecular weight is 346 g/mol. The van der Waals surface area contributed by atoms with Gasteiger partial charge in [0, 0.05) is 36.1 Å². The molecule has 3 rings (SSSR count). The van der Waals surface area contributed by atoms with E-state index in [0.717, 1.165) is 35.4 Å². The lowest BCUT2D eigenvalue weighted by molar-refractivity contribution is 0.279. The molecule has 0 spiro atoms. The first-order valence-corrected chi connectivity index (χ1v) is 9.02. The summed E-state index contributed by atoms with van der Waals surface area (Å²) in [5, 5.41) is 0. The second-order valence-electron chi connectivity index (χ2n) is 5.08. The van der Waals surface area contributed by atoms with Crippen LogP contribution in [0.1, 0.15) is 11.1 Å². The normalized spacial score (nSPS) is 21.9. The molecule has 19 heavy (non-hydrogen) atoms. The summed E-state index contributed by atoms with van der Waals surface area (Å²) in [6.07, 6.45) is 0.955. The van der Waals surface area contributed by atoms with Gasteiger partial charge in [0.05, 0.1) is 18.1 Å². The minimum Gasteiger partial charge on any atom is -0.493 e. The Morgan fingerprint density at radius 1 is 1.26 bits per heavy atom. The van der Waals surface area contributed by atoms with Gasteiger partial charge in [-0.1, -0.05) is 15.9 Å². The standard InChI is InChI=1S/C13H16BrNO3S/c14-12-7-10-1-4-18-13(10)11(8-12)9-15-2-5-19(16,17)6-3-15/h7-8H,1-6,9H2. The first-order chi connectivity index (χ1) is 9.03. The molecule has 6 heteroatoms. The van der Waals surface area contributed by atoms with Gasteiger partial charge in [-0.3, -0.25) is 4.90 Å². The van der Waals surface area contributed by atoms with E-state index < -0.39 is 9.84 Å². The number of rotatable bonds is 2.